The molecule has 0 radical (unpaired) electrons. The Morgan fingerprint density at radius 1 is 1.73 bits per heavy atom. The summed E-state index contributed by atoms with van der Waals surface area (Å²) in [6.45, 7) is 4.70. The second-order valence-electron chi connectivity index (χ2n) is 3.43. The highest BCUT2D eigenvalue weighted by molar-refractivity contribution is 7.98. The van der Waals surface area contributed by atoms with Crippen molar-refractivity contribution in [2.75, 3.05) is 5.75 Å². The number of thioether (sulfide) groups is 1. The van der Waals surface area contributed by atoms with Crippen LogP contribution >= 0.6 is 11.8 Å². The number of aromatic nitrogens is 2. The molecule has 4 nitrogen and oxygen atoms in total. The Hall–Kier alpha value is -0.970. The summed E-state index contributed by atoms with van der Waals surface area (Å²) in [5.74, 6) is 0.454. The fourth-order valence-electron chi connectivity index (χ4n) is 1.16. The molecule has 1 atom stereocenters. The van der Waals surface area contributed by atoms with Crippen molar-refractivity contribution in [2.45, 2.75) is 26.1 Å². The molecule has 0 amide bonds. The molecule has 5 heteroatoms. The van der Waals surface area contributed by atoms with Crippen LogP contribution in [0.15, 0.2) is 12.5 Å². The van der Waals surface area contributed by atoms with Crippen molar-refractivity contribution in [3.63, 3.8) is 0 Å². The number of imidazole rings is 1. The minimum Gasteiger partial charge on any atom is -0.481 e. The highest BCUT2D eigenvalue weighted by Crippen LogP contribution is 2.15. The Kier molecular flexibility index (Phi) is 4.68. The smallest absolute Gasteiger partial charge is 0.307 e. The van der Waals surface area contributed by atoms with Crippen LogP contribution in [0.5, 0.6) is 0 Å². The minimum absolute atomic E-state index is 0.284. The molecule has 0 aliphatic rings. The molecule has 1 unspecified atom stereocenters. The zero-order valence-electron chi connectivity index (χ0n) is 9.01. The van der Waals surface area contributed by atoms with E-state index in [1.807, 2.05) is 6.20 Å². The van der Waals surface area contributed by atoms with E-state index in [1.165, 1.54) is 0 Å². The highest BCUT2D eigenvalue weighted by Gasteiger charge is 2.10. The van der Waals surface area contributed by atoms with Crippen LogP contribution in [0.4, 0.5) is 0 Å². The average Bonchev–Trinajstić information content (AvgIpc) is 2.65. The van der Waals surface area contributed by atoms with E-state index in [0.717, 1.165) is 18.0 Å². The van der Waals surface area contributed by atoms with Crippen LogP contribution in [0.1, 0.15) is 19.5 Å². The van der Waals surface area contributed by atoms with Crippen LogP contribution in [0.25, 0.3) is 0 Å². The fourth-order valence-corrected chi connectivity index (χ4v) is 2.23. The summed E-state index contributed by atoms with van der Waals surface area (Å²) < 4.78 is 2.07. The molecular weight excluding hydrogens is 212 g/mol. The number of aryl methyl sites for hydroxylation is 1. The van der Waals surface area contributed by atoms with Crippen molar-refractivity contribution in [1.29, 1.82) is 0 Å². The van der Waals surface area contributed by atoms with Crippen LogP contribution in [0.3, 0.4) is 0 Å². The Labute approximate surface area is 93.7 Å². The first-order valence-electron chi connectivity index (χ1n) is 4.94. The molecule has 1 N–H and O–H groups in total. The van der Waals surface area contributed by atoms with E-state index in [2.05, 4.69) is 16.5 Å². The van der Waals surface area contributed by atoms with Crippen molar-refractivity contribution in [3.8, 4) is 0 Å². The number of aliphatic carboxylic acids is 1. The van der Waals surface area contributed by atoms with Gasteiger partial charge >= 0.3 is 5.97 Å². The average molecular weight is 228 g/mol. The van der Waals surface area contributed by atoms with Gasteiger partial charge in [0, 0.05) is 29.9 Å². The molecule has 1 aromatic rings. The van der Waals surface area contributed by atoms with Gasteiger partial charge in [0.2, 0.25) is 0 Å². The molecule has 1 rings (SSSR count). The SMILES string of the molecule is CCn1cncc1CSCC(C)C(=O)O. The van der Waals surface area contributed by atoms with Gasteiger partial charge in [0.05, 0.1) is 12.2 Å². The predicted octanol–water partition coefficient (Wildman–Crippen LogP) is 1.86. The summed E-state index contributed by atoms with van der Waals surface area (Å²) in [6.07, 6.45) is 3.64. The second-order valence-corrected chi connectivity index (χ2v) is 4.46. The van der Waals surface area contributed by atoms with Crippen LogP contribution in [-0.2, 0) is 17.1 Å². The maximum absolute atomic E-state index is 10.6. The van der Waals surface area contributed by atoms with Crippen LogP contribution < -0.4 is 0 Å². The van der Waals surface area contributed by atoms with Crippen molar-refractivity contribution in [3.05, 3.63) is 18.2 Å². The lowest BCUT2D eigenvalue weighted by Crippen LogP contribution is -2.12. The van der Waals surface area contributed by atoms with Crippen molar-refractivity contribution < 1.29 is 9.90 Å². The minimum atomic E-state index is -0.730. The number of rotatable bonds is 6. The van der Waals surface area contributed by atoms with E-state index in [9.17, 15) is 4.79 Å². The van der Waals surface area contributed by atoms with E-state index in [-0.39, 0.29) is 5.92 Å². The van der Waals surface area contributed by atoms with Crippen LogP contribution in [0.2, 0.25) is 0 Å². The van der Waals surface area contributed by atoms with Crippen molar-refractivity contribution in [1.82, 2.24) is 9.55 Å². The van der Waals surface area contributed by atoms with Gasteiger partial charge in [0.25, 0.3) is 0 Å². The highest BCUT2D eigenvalue weighted by atomic mass is 32.2. The van der Waals surface area contributed by atoms with Gasteiger partial charge in [-0.3, -0.25) is 4.79 Å². The summed E-state index contributed by atoms with van der Waals surface area (Å²) in [7, 11) is 0. The van der Waals surface area contributed by atoms with Gasteiger partial charge in [-0.2, -0.15) is 11.8 Å². The Bertz CT molecular complexity index is 325. The first-order chi connectivity index (χ1) is 7.15. The zero-order chi connectivity index (χ0) is 11.3. The molecule has 1 aromatic heterocycles. The molecule has 0 saturated heterocycles. The molecule has 0 saturated carbocycles. The van der Waals surface area contributed by atoms with Gasteiger partial charge in [-0.1, -0.05) is 6.92 Å². The topological polar surface area (TPSA) is 55.1 Å². The van der Waals surface area contributed by atoms with Crippen LogP contribution in [0, 0.1) is 5.92 Å². The zero-order valence-corrected chi connectivity index (χ0v) is 9.83. The standard InChI is InChI=1S/C10H16N2O2S/c1-3-12-7-11-4-9(12)6-15-5-8(2)10(13)14/h4,7-8H,3,5-6H2,1-2H3,(H,13,14). The number of carboxylic acids is 1. The Balaban J connectivity index is 2.34. The normalized spacial score (nSPS) is 12.7. The third kappa shape index (κ3) is 3.58. The first-order valence-corrected chi connectivity index (χ1v) is 6.10. The second kappa shape index (κ2) is 5.80. The quantitative estimate of drug-likeness (QED) is 0.807. The fraction of sp³-hybridized carbons (Fsp3) is 0.600. The molecule has 0 aliphatic carbocycles. The molecule has 0 bridgehead atoms. The van der Waals surface area contributed by atoms with Gasteiger partial charge in [0.1, 0.15) is 0 Å². The van der Waals surface area contributed by atoms with E-state index in [1.54, 1.807) is 25.0 Å². The van der Waals surface area contributed by atoms with E-state index >= 15 is 0 Å². The number of hydrogen-bond acceptors (Lipinski definition) is 3. The van der Waals surface area contributed by atoms with Gasteiger partial charge < -0.3 is 9.67 Å². The summed E-state index contributed by atoms with van der Waals surface area (Å²) in [5, 5.41) is 8.71. The predicted molar refractivity (Wildman–Crippen MR) is 60.9 cm³/mol. The molecule has 84 valence electrons. The van der Waals surface area contributed by atoms with Crippen molar-refractivity contribution >= 4 is 17.7 Å². The monoisotopic (exact) mass is 228 g/mol. The molecule has 0 aliphatic heterocycles. The molecule has 0 aromatic carbocycles. The number of hydrogen-bond donors (Lipinski definition) is 1. The summed E-state index contributed by atoms with van der Waals surface area (Å²) >= 11 is 1.64. The van der Waals surface area contributed by atoms with E-state index in [4.69, 9.17) is 5.11 Å². The maximum atomic E-state index is 10.6. The lowest BCUT2D eigenvalue weighted by molar-refractivity contribution is -0.140. The Morgan fingerprint density at radius 3 is 3.07 bits per heavy atom. The summed E-state index contributed by atoms with van der Waals surface area (Å²) in [4.78, 5) is 14.6. The largest absolute Gasteiger partial charge is 0.481 e. The van der Waals surface area contributed by atoms with Gasteiger partial charge in [-0.05, 0) is 6.92 Å². The van der Waals surface area contributed by atoms with Crippen molar-refractivity contribution in [2.24, 2.45) is 5.92 Å². The number of nitrogens with zero attached hydrogens (tertiary/aromatic N) is 2. The maximum Gasteiger partial charge on any atom is 0.307 e. The molecule has 1 heterocycles. The van der Waals surface area contributed by atoms with E-state index in [0.29, 0.717) is 5.75 Å². The third-order valence-electron chi connectivity index (χ3n) is 2.18. The lowest BCUT2D eigenvalue weighted by Gasteiger charge is -2.07. The first kappa shape index (κ1) is 12.1. The molecule has 0 spiro atoms. The molecule has 15 heavy (non-hydrogen) atoms. The number of carboxylic acid groups (broad SMARTS) is 1. The van der Waals surface area contributed by atoms with Crippen LogP contribution in [-0.4, -0.2) is 26.4 Å². The molecule has 0 fully saturated rings. The summed E-state index contributed by atoms with van der Waals surface area (Å²) in [5.41, 5.74) is 1.15. The van der Waals surface area contributed by atoms with Gasteiger partial charge in [0.15, 0.2) is 0 Å². The number of carbonyl (C=O) groups is 1. The molecular formula is C10H16N2O2S. The van der Waals surface area contributed by atoms with E-state index < -0.39 is 5.97 Å². The Morgan fingerprint density at radius 2 is 2.47 bits per heavy atom. The lowest BCUT2D eigenvalue weighted by atomic mass is 10.2. The third-order valence-corrected chi connectivity index (χ3v) is 3.41. The van der Waals surface area contributed by atoms with Gasteiger partial charge in [-0.25, -0.2) is 4.98 Å². The van der Waals surface area contributed by atoms with Gasteiger partial charge in [-0.15, -0.1) is 0 Å². The summed E-state index contributed by atoms with van der Waals surface area (Å²) in [6, 6.07) is 0.